The Morgan fingerprint density at radius 1 is 1.17 bits per heavy atom. The van der Waals surface area contributed by atoms with Crippen molar-refractivity contribution in [2.75, 3.05) is 18.4 Å². The number of nitrogens with zero attached hydrogens (tertiary/aromatic N) is 4. The number of hydrogen-bond donors (Lipinski definition) is 2. The molecule has 2 aromatic heterocycles. The molecule has 6 aliphatic rings. The van der Waals surface area contributed by atoms with Crippen molar-refractivity contribution in [3.8, 4) is 11.5 Å². The van der Waals surface area contributed by atoms with Crippen LogP contribution in [0.25, 0.3) is 17.5 Å². The largest absolute Gasteiger partial charge is 0.390 e. The molecule has 1 amide bonds. The summed E-state index contributed by atoms with van der Waals surface area (Å²) in [4.78, 5) is 23.2. The molecule has 1 saturated heterocycles. The standard InChI is InChI=1S/C26H29F2N5O3/c27-26(28)4-6-33(7-5-26)24(34)22-31-23(36-32-22)18-13-29-19-3-1-2-17(19)21(18)30-20-15-8-14-9-16(20)12-25(35,10-14)11-15/h1-2,13-16,20,35H,3-12H2,(H,29,30)/t14?,15-,16+,20?,25?. The van der Waals surface area contributed by atoms with E-state index in [1.54, 1.807) is 6.20 Å². The van der Waals surface area contributed by atoms with Crippen LogP contribution in [0.2, 0.25) is 0 Å². The van der Waals surface area contributed by atoms with Crippen molar-refractivity contribution in [2.24, 2.45) is 17.8 Å². The average molecular weight is 498 g/mol. The van der Waals surface area contributed by atoms with E-state index < -0.39 is 17.4 Å². The summed E-state index contributed by atoms with van der Waals surface area (Å²) in [6.07, 6.45) is 10.7. The summed E-state index contributed by atoms with van der Waals surface area (Å²) in [6.45, 7) is -0.0724. The van der Waals surface area contributed by atoms with E-state index >= 15 is 0 Å². The predicted octanol–water partition coefficient (Wildman–Crippen LogP) is 3.92. The minimum atomic E-state index is -2.74. The molecule has 1 aliphatic heterocycles. The molecule has 4 bridgehead atoms. The van der Waals surface area contributed by atoms with Crippen LogP contribution < -0.4 is 5.32 Å². The Balaban J connectivity index is 1.18. The molecule has 3 unspecified atom stereocenters. The molecule has 0 radical (unpaired) electrons. The maximum atomic E-state index is 13.5. The molecule has 8 nitrogen and oxygen atoms in total. The monoisotopic (exact) mass is 497 g/mol. The van der Waals surface area contributed by atoms with Crippen molar-refractivity contribution >= 4 is 17.7 Å². The van der Waals surface area contributed by atoms with Gasteiger partial charge in [-0.3, -0.25) is 9.78 Å². The Morgan fingerprint density at radius 2 is 1.92 bits per heavy atom. The number of fused-ring (bicyclic) bond motifs is 1. The molecule has 36 heavy (non-hydrogen) atoms. The highest BCUT2D eigenvalue weighted by Crippen LogP contribution is 2.56. The maximum Gasteiger partial charge on any atom is 0.295 e. The van der Waals surface area contributed by atoms with Gasteiger partial charge in [-0.2, -0.15) is 4.98 Å². The number of halogens is 2. The molecule has 8 rings (SSSR count). The van der Waals surface area contributed by atoms with Crippen molar-refractivity contribution in [1.82, 2.24) is 20.0 Å². The highest BCUT2D eigenvalue weighted by molar-refractivity contribution is 5.91. The van der Waals surface area contributed by atoms with Gasteiger partial charge in [0.15, 0.2) is 0 Å². The first-order chi connectivity index (χ1) is 17.3. The first-order valence-electron chi connectivity index (χ1n) is 13.0. The van der Waals surface area contributed by atoms with E-state index in [1.807, 2.05) is 6.08 Å². The minimum Gasteiger partial charge on any atom is -0.390 e. The molecule has 0 spiro atoms. The second kappa shape index (κ2) is 7.81. The van der Waals surface area contributed by atoms with E-state index in [1.165, 1.54) is 4.90 Å². The number of pyridine rings is 1. The van der Waals surface area contributed by atoms with Gasteiger partial charge in [0.25, 0.3) is 23.5 Å². The number of amides is 1. The van der Waals surface area contributed by atoms with E-state index in [9.17, 15) is 18.7 Å². The molecule has 190 valence electrons. The lowest BCUT2D eigenvalue weighted by molar-refractivity contribution is -0.129. The number of rotatable bonds is 4. The summed E-state index contributed by atoms with van der Waals surface area (Å²) in [5.74, 6) is -1.78. The van der Waals surface area contributed by atoms with Crippen LogP contribution in [-0.4, -0.2) is 61.7 Å². The van der Waals surface area contributed by atoms with Gasteiger partial charge in [0, 0.05) is 50.2 Å². The lowest BCUT2D eigenvalue weighted by atomic mass is 9.52. The van der Waals surface area contributed by atoms with Crippen LogP contribution in [0.3, 0.4) is 0 Å². The second-order valence-electron chi connectivity index (χ2n) is 11.4. The first-order valence-corrected chi connectivity index (χ1v) is 13.0. The number of piperidine rings is 1. The zero-order valence-electron chi connectivity index (χ0n) is 19.9. The van der Waals surface area contributed by atoms with Crippen LogP contribution >= 0.6 is 0 Å². The Hall–Kier alpha value is -2.88. The van der Waals surface area contributed by atoms with Crippen LogP contribution in [0.4, 0.5) is 14.5 Å². The molecule has 5 fully saturated rings. The van der Waals surface area contributed by atoms with Crippen LogP contribution in [0.5, 0.6) is 0 Å². The van der Waals surface area contributed by atoms with Crippen LogP contribution in [0, 0.1) is 17.8 Å². The van der Waals surface area contributed by atoms with Crippen molar-refractivity contribution in [2.45, 2.75) is 68.9 Å². The van der Waals surface area contributed by atoms with Gasteiger partial charge in [-0.05, 0) is 49.9 Å². The van der Waals surface area contributed by atoms with Crippen LogP contribution in [-0.2, 0) is 6.42 Å². The summed E-state index contributed by atoms with van der Waals surface area (Å²) in [7, 11) is 0. The third-order valence-corrected chi connectivity index (χ3v) is 8.98. The molecule has 5 aliphatic carbocycles. The molecule has 10 heteroatoms. The average Bonchev–Trinajstić information content (AvgIpc) is 3.50. The quantitative estimate of drug-likeness (QED) is 0.660. The zero-order valence-corrected chi connectivity index (χ0v) is 19.9. The van der Waals surface area contributed by atoms with Gasteiger partial charge in [-0.1, -0.05) is 17.3 Å². The number of aromatic nitrogens is 3. The Morgan fingerprint density at radius 3 is 2.64 bits per heavy atom. The lowest BCUT2D eigenvalue weighted by Gasteiger charge is -2.58. The van der Waals surface area contributed by atoms with Crippen molar-refractivity contribution in [3.63, 3.8) is 0 Å². The number of aliphatic hydroxyl groups is 1. The number of carbonyl (C=O) groups is 1. The molecule has 0 aromatic carbocycles. The van der Waals surface area contributed by atoms with E-state index in [4.69, 9.17) is 4.52 Å². The predicted molar refractivity (Wildman–Crippen MR) is 126 cm³/mol. The van der Waals surface area contributed by atoms with Crippen LogP contribution in [0.1, 0.15) is 66.8 Å². The smallest absolute Gasteiger partial charge is 0.295 e. The zero-order chi connectivity index (χ0) is 24.7. The van der Waals surface area contributed by atoms with E-state index in [0.29, 0.717) is 23.3 Å². The van der Waals surface area contributed by atoms with Gasteiger partial charge in [-0.15, -0.1) is 0 Å². The summed E-state index contributed by atoms with van der Waals surface area (Å²) in [6, 6.07) is 0.236. The molecule has 2 aromatic rings. The topological polar surface area (TPSA) is 104 Å². The van der Waals surface area contributed by atoms with Gasteiger partial charge in [0.1, 0.15) is 0 Å². The number of hydrogen-bond acceptors (Lipinski definition) is 7. The fourth-order valence-corrected chi connectivity index (χ4v) is 7.50. The number of likely N-dealkylation sites (tertiary alicyclic amines) is 1. The third kappa shape index (κ3) is 3.64. The van der Waals surface area contributed by atoms with Crippen molar-refractivity contribution < 1.29 is 23.2 Å². The van der Waals surface area contributed by atoms with Gasteiger partial charge in [0.05, 0.1) is 22.5 Å². The fourth-order valence-electron chi connectivity index (χ4n) is 7.50. The minimum absolute atomic E-state index is 0.0362. The summed E-state index contributed by atoms with van der Waals surface area (Å²) >= 11 is 0. The van der Waals surface area contributed by atoms with Gasteiger partial charge >= 0.3 is 0 Å². The number of carbonyl (C=O) groups excluding carboxylic acids is 1. The van der Waals surface area contributed by atoms with Crippen LogP contribution in [0.15, 0.2) is 16.8 Å². The number of alkyl halides is 2. The normalized spacial score (nSPS) is 33.7. The molecule has 2 N–H and O–H groups in total. The summed E-state index contributed by atoms with van der Waals surface area (Å²) < 4.78 is 32.6. The van der Waals surface area contributed by atoms with Crippen molar-refractivity contribution in [3.05, 3.63) is 29.4 Å². The van der Waals surface area contributed by atoms with Gasteiger partial charge in [0.2, 0.25) is 0 Å². The molecule has 3 heterocycles. The number of allylic oxidation sites excluding steroid dienone is 1. The Kier molecular flexibility index (Phi) is 4.84. The molecule has 5 atom stereocenters. The Bertz CT molecular complexity index is 1230. The maximum absolute atomic E-state index is 13.5. The number of nitrogens with one attached hydrogen (secondary N) is 1. The Labute approximate surface area is 207 Å². The van der Waals surface area contributed by atoms with E-state index in [-0.39, 0.29) is 43.7 Å². The van der Waals surface area contributed by atoms with Gasteiger partial charge in [-0.25, -0.2) is 8.78 Å². The number of anilines is 1. The second-order valence-corrected chi connectivity index (χ2v) is 11.4. The molecule has 4 saturated carbocycles. The van der Waals surface area contributed by atoms with E-state index in [0.717, 1.165) is 55.5 Å². The molecular formula is C26H29F2N5O3. The SMILES string of the molecule is O=C(c1noc(-c2cnc3c(c2NC2[C@@H]4CC5C[C@H]2CC(O)(C5)C4)C=CC3)n1)N1CCC(F)(F)CC1. The van der Waals surface area contributed by atoms with Crippen molar-refractivity contribution in [1.29, 1.82) is 0 Å². The highest BCUT2D eigenvalue weighted by Gasteiger charge is 2.55. The van der Waals surface area contributed by atoms with E-state index in [2.05, 4.69) is 26.5 Å². The highest BCUT2D eigenvalue weighted by atomic mass is 19.3. The first kappa shape index (κ1) is 22.3. The lowest BCUT2D eigenvalue weighted by Crippen LogP contribution is -2.59. The summed E-state index contributed by atoms with van der Waals surface area (Å²) in [5, 5.41) is 18.7. The fraction of sp³-hybridized carbons (Fsp3) is 0.615. The molecular weight excluding hydrogens is 468 g/mol. The summed E-state index contributed by atoms with van der Waals surface area (Å²) in [5.41, 5.74) is 2.94. The van der Waals surface area contributed by atoms with Gasteiger partial charge < -0.3 is 19.8 Å². The third-order valence-electron chi connectivity index (χ3n) is 8.98.